The number of nitrogens with zero attached hydrogens (tertiary/aromatic N) is 5. The number of hydrogen-bond donors (Lipinski definition) is 0. The van der Waals surface area contributed by atoms with E-state index in [1.54, 1.807) is 0 Å². The van der Waals surface area contributed by atoms with Gasteiger partial charge in [0.05, 0.1) is 22.2 Å². The summed E-state index contributed by atoms with van der Waals surface area (Å²) >= 11 is 0. The van der Waals surface area contributed by atoms with E-state index in [1.165, 1.54) is 21.9 Å². The summed E-state index contributed by atoms with van der Waals surface area (Å²) in [5, 5.41) is 5.55. The molecule has 0 N–H and O–H groups in total. The molecule has 0 spiro atoms. The molecule has 4 heterocycles. The zero-order valence-corrected chi connectivity index (χ0v) is 24.7. The molecule has 0 saturated heterocycles. The van der Waals surface area contributed by atoms with Crippen LogP contribution < -0.4 is 0 Å². The molecule has 10 rings (SSSR count). The third-order valence-electron chi connectivity index (χ3n) is 9.11. The summed E-state index contributed by atoms with van der Waals surface area (Å²) in [6, 6.07) is 53.0. The standard InChI is InChI=1S/C41H25N5/c1-3-13-26(14-4-1)28-23-24-36-33(25-28)29-17-7-8-18-30(29)39-43-38-32-20-10-12-22-35(32)46(40(38)45(36)39)41-42-34-21-11-9-19-31(34)37(44-41)27-15-5-2-6-16-27/h1-25H. The van der Waals surface area contributed by atoms with Crippen molar-refractivity contribution in [2.24, 2.45) is 0 Å². The Morgan fingerprint density at radius 1 is 0.413 bits per heavy atom. The number of imidazole rings is 1. The summed E-state index contributed by atoms with van der Waals surface area (Å²) < 4.78 is 4.51. The molecule has 0 bridgehead atoms. The third-order valence-corrected chi connectivity index (χ3v) is 9.11. The number of fused-ring (bicyclic) bond motifs is 11. The summed E-state index contributed by atoms with van der Waals surface area (Å²) in [6.45, 7) is 0. The number of hydrogen-bond acceptors (Lipinski definition) is 3. The van der Waals surface area contributed by atoms with Crippen molar-refractivity contribution in [3.8, 4) is 28.3 Å². The second kappa shape index (κ2) is 9.58. The Morgan fingerprint density at radius 3 is 1.87 bits per heavy atom. The molecule has 5 heteroatoms. The fraction of sp³-hybridized carbons (Fsp3) is 0. The summed E-state index contributed by atoms with van der Waals surface area (Å²) in [5.74, 6) is 0.618. The van der Waals surface area contributed by atoms with Gasteiger partial charge in [-0.1, -0.05) is 127 Å². The fourth-order valence-electron chi connectivity index (χ4n) is 7.04. The van der Waals surface area contributed by atoms with Crippen LogP contribution in [0.4, 0.5) is 0 Å². The second-order valence-corrected chi connectivity index (χ2v) is 11.7. The van der Waals surface area contributed by atoms with Crippen molar-refractivity contribution in [1.29, 1.82) is 0 Å². The number of pyridine rings is 1. The molecule has 0 aliphatic carbocycles. The summed E-state index contributed by atoms with van der Waals surface area (Å²) in [6.07, 6.45) is 0. The molecule has 4 aromatic heterocycles. The highest BCUT2D eigenvalue weighted by atomic mass is 15.2. The predicted octanol–water partition coefficient (Wildman–Crippen LogP) is 10.0. The molecule has 5 nitrogen and oxygen atoms in total. The van der Waals surface area contributed by atoms with E-state index in [0.29, 0.717) is 5.95 Å². The first-order valence-corrected chi connectivity index (χ1v) is 15.5. The molecule has 0 aliphatic heterocycles. The van der Waals surface area contributed by atoms with Crippen LogP contribution in [-0.4, -0.2) is 23.9 Å². The van der Waals surface area contributed by atoms with E-state index in [-0.39, 0.29) is 0 Å². The smallest absolute Gasteiger partial charge is 0.237 e. The molecule has 214 valence electrons. The first-order valence-electron chi connectivity index (χ1n) is 15.5. The molecule has 0 unspecified atom stereocenters. The van der Waals surface area contributed by atoms with Gasteiger partial charge in [0.1, 0.15) is 11.2 Å². The minimum Gasteiger partial charge on any atom is -0.277 e. The molecule has 0 aliphatic rings. The van der Waals surface area contributed by atoms with Crippen molar-refractivity contribution < 1.29 is 0 Å². The lowest BCUT2D eigenvalue weighted by atomic mass is 10.00. The second-order valence-electron chi connectivity index (χ2n) is 11.7. The van der Waals surface area contributed by atoms with E-state index in [1.807, 2.05) is 18.2 Å². The summed E-state index contributed by atoms with van der Waals surface area (Å²) in [7, 11) is 0. The van der Waals surface area contributed by atoms with E-state index in [2.05, 4.69) is 142 Å². The molecule has 0 fully saturated rings. The molecule has 0 radical (unpaired) electrons. The van der Waals surface area contributed by atoms with Gasteiger partial charge in [0, 0.05) is 27.1 Å². The van der Waals surface area contributed by atoms with Gasteiger partial charge >= 0.3 is 0 Å². The lowest BCUT2D eigenvalue weighted by molar-refractivity contribution is 0.993. The first-order chi connectivity index (χ1) is 22.8. The van der Waals surface area contributed by atoms with Crippen LogP contribution in [0.25, 0.3) is 88.6 Å². The Kier molecular flexibility index (Phi) is 5.22. The summed E-state index contributed by atoms with van der Waals surface area (Å²) in [4.78, 5) is 15.9. The van der Waals surface area contributed by atoms with Gasteiger partial charge < -0.3 is 0 Å². The lowest BCUT2D eigenvalue weighted by Gasteiger charge is -2.14. The molecular formula is C41H25N5. The highest BCUT2D eigenvalue weighted by Gasteiger charge is 2.23. The maximum Gasteiger partial charge on any atom is 0.237 e. The van der Waals surface area contributed by atoms with Crippen LogP contribution in [0.5, 0.6) is 0 Å². The Morgan fingerprint density at radius 2 is 1.07 bits per heavy atom. The SMILES string of the molecule is c1ccc(-c2ccc3c(c2)c2ccccc2c2nc4c5ccccc5n(-c5nc(-c6ccccc6)c6ccccc6n5)c4n32)cc1. The quantitative estimate of drug-likeness (QED) is 0.193. The minimum absolute atomic E-state index is 0.618. The molecule has 0 amide bonds. The summed E-state index contributed by atoms with van der Waals surface area (Å²) in [5.41, 5.74) is 10.1. The van der Waals surface area contributed by atoms with Gasteiger partial charge in [0.2, 0.25) is 5.95 Å². The van der Waals surface area contributed by atoms with Gasteiger partial charge in [0.15, 0.2) is 5.65 Å². The molecule has 0 atom stereocenters. The van der Waals surface area contributed by atoms with Crippen LogP contribution >= 0.6 is 0 Å². The van der Waals surface area contributed by atoms with Crippen molar-refractivity contribution >= 4 is 60.3 Å². The van der Waals surface area contributed by atoms with E-state index >= 15 is 0 Å². The van der Waals surface area contributed by atoms with Crippen LogP contribution in [0.1, 0.15) is 0 Å². The Labute approximate surface area is 263 Å². The lowest BCUT2D eigenvalue weighted by Crippen LogP contribution is -2.05. The average Bonchev–Trinajstić information content (AvgIpc) is 3.67. The zero-order chi connectivity index (χ0) is 30.2. The Hall–Kier alpha value is -6.33. The van der Waals surface area contributed by atoms with Gasteiger partial charge in [-0.3, -0.25) is 8.97 Å². The van der Waals surface area contributed by atoms with E-state index in [0.717, 1.165) is 60.8 Å². The van der Waals surface area contributed by atoms with Crippen molar-refractivity contribution in [2.45, 2.75) is 0 Å². The van der Waals surface area contributed by atoms with E-state index in [9.17, 15) is 0 Å². The van der Waals surface area contributed by atoms with Gasteiger partial charge in [-0.2, -0.15) is 0 Å². The first kappa shape index (κ1) is 25.0. The Bertz CT molecular complexity index is 2790. The number of rotatable bonds is 3. The largest absolute Gasteiger partial charge is 0.277 e. The van der Waals surface area contributed by atoms with Gasteiger partial charge in [0.25, 0.3) is 0 Å². The average molecular weight is 588 g/mol. The highest BCUT2D eigenvalue weighted by molar-refractivity contribution is 6.17. The molecule has 46 heavy (non-hydrogen) atoms. The zero-order valence-electron chi connectivity index (χ0n) is 24.7. The van der Waals surface area contributed by atoms with Crippen LogP contribution in [0, 0.1) is 0 Å². The van der Waals surface area contributed by atoms with Crippen LogP contribution in [0.2, 0.25) is 0 Å². The number of aromatic nitrogens is 5. The van der Waals surface area contributed by atoms with Gasteiger partial charge in [-0.05, 0) is 40.8 Å². The Balaban J connectivity index is 1.38. The maximum absolute atomic E-state index is 5.38. The van der Waals surface area contributed by atoms with Gasteiger partial charge in [-0.15, -0.1) is 0 Å². The van der Waals surface area contributed by atoms with Gasteiger partial charge in [-0.25, -0.2) is 15.0 Å². The maximum atomic E-state index is 5.38. The van der Waals surface area contributed by atoms with Crippen LogP contribution in [-0.2, 0) is 0 Å². The van der Waals surface area contributed by atoms with Crippen molar-refractivity contribution in [1.82, 2.24) is 23.9 Å². The molecule has 0 saturated carbocycles. The number of para-hydroxylation sites is 2. The monoisotopic (exact) mass is 587 g/mol. The molecule has 10 aromatic rings. The third kappa shape index (κ3) is 3.54. The van der Waals surface area contributed by atoms with Crippen molar-refractivity contribution in [3.63, 3.8) is 0 Å². The van der Waals surface area contributed by atoms with Crippen LogP contribution in [0.3, 0.4) is 0 Å². The minimum atomic E-state index is 0.618. The topological polar surface area (TPSA) is 48.0 Å². The highest BCUT2D eigenvalue weighted by Crippen LogP contribution is 2.39. The van der Waals surface area contributed by atoms with E-state index < -0.39 is 0 Å². The molecular weight excluding hydrogens is 562 g/mol. The predicted molar refractivity (Wildman–Crippen MR) is 189 cm³/mol. The van der Waals surface area contributed by atoms with E-state index in [4.69, 9.17) is 15.0 Å². The normalized spacial score (nSPS) is 11.9. The van der Waals surface area contributed by atoms with Crippen LogP contribution in [0.15, 0.2) is 152 Å². The van der Waals surface area contributed by atoms with Crippen molar-refractivity contribution in [2.75, 3.05) is 0 Å². The number of benzene rings is 6. The fourth-order valence-corrected chi connectivity index (χ4v) is 7.04. The molecule has 6 aromatic carbocycles. The van der Waals surface area contributed by atoms with Crippen molar-refractivity contribution in [3.05, 3.63) is 152 Å².